The molecular weight excluding hydrogens is 640 g/mol. The number of nitrogens with one attached hydrogen (secondary N) is 2. The average Bonchev–Trinajstić information content (AvgIpc) is 3.58. The normalized spacial score (nSPS) is 20.1. The average molecular weight is 689 g/mol. The molecule has 2 heterocycles. The molecule has 0 saturated carbocycles. The summed E-state index contributed by atoms with van der Waals surface area (Å²) in [5, 5.41) is 16.1. The zero-order valence-corrected chi connectivity index (χ0v) is 29.2. The van der Waals surface area contributed by atoms with E-state index in [9.17, 15) is 19.5 Å². The third kappa shape index (κ3) is 9.66. The minimum atomic E-state index is -0.535. The number of ether oxygens (including phenoxy) is 4. The Bertz CT molecular complexity index is 1620. The quantitative estimate of drug-likeness (QED) is 0.280. The maximum absolute atomic E-state index is 14.4. The van der Waals surface area contributed by atoms with Gasteiger partial charge in [0.2, 0.25) is 12.7 Å². The molecule has 12 nitrogen and oxygen atoms in total. The SMILES string of the molecule is C[C@H](CO)N1C[C@H](C)[C@@H](CN(C)C(=O)Nc2ccc3c(c2)OCO3)OCCCC[C@H](C)Oc2ccc(NC(=O)Cc3ccccc3)cc2C1=O. The molecule has 0 fully saturated rings. The van der Waals surface area contributed by atoms with E-state index in [0.717, 1.165) is 24.8 Å². The fourth-order valence-corrected chi connectivity index (χ4v) is 6.00. The van der Waals surface area contributed by atoms with E-state index in [4.69, 9.17) is 18.9 Å². The molecule has 5 rings (SSSR count). The van der Waals surface area contributed by atoms with Gasteiger partial charge in [0.15, 0.2) is 11.5 Å². The van der Waals surface area contributed by atoms with Gasteiger partial charge in [0.25, 0.3) is 5.91 Å². The van der Waals surface area contributed by atoms with Crippen LogP contribution in [-0.2, 0) is 16.0 Å². The van der Waals surface area contributed by atoms with Gasteiger partial charge in [-0.3, -0.25) is 9.59 Å². The molecule has 2 aliphatic heterocycles. The van der Waals surface area contributed by atoms with Crippen LogP contribution in [0.3, 0.4) is 0 Å². The van der Waals surface area contributed by atoms with Crippen LogP contribution < -0.4 is 24.8 Å². The first-order valence-electron chi connectivity index (χ1n) is 17.2. The molecule has 268 valence electrons. The minimum Gasteiger partial charge on any atom is -0.490 e. The van der Waals surface area contributed by atoms with Gasteiger partial charge in [0.05, 0.1) is 36.8 Å². The summed E-state index contributed by atoms with van der Waals surface area (Å²) in [6, 6.07) is 18.9. The zero-order valence-electron chi connectivity index (χ0n) is 29.2. The van der Waals surface area contributed by atoms with Gasteiger partial charge in [0.1, 0.15) is 5.75 Å². The number of urea groups is 1. The van der Waals surface area contributed by atoms with Gasteiger partial charge in [-0.2, -0.15) is 0 Å². The van der Waals surface area contributed by atoms with Crippen LogP contribution in [0, 0.1) is 5.92 Å². The largest absolute Gasteiger partial charge is 0.490 e. The van der Waals surface area contributed by atoms with E-state index < -0.39 is 12.1 Å². The first-order valence-corrected chi connectivity index (χ1v) is 17.2. The van der Waals surface area contributed by atoms with E-state index in [1.807, 2.05) is 44.2 Å². The zero-order chi connectivity index (χ0) is 35.6. The van der Waals surface area contributed by atoms with Crippen molar-refractivity contribution >= 4 is 29.2 Å². The second-order valence-electron chi connectivity index (χ2n) is 13.1. The summed E-state index contributed by atoms with van der Waals surface area (Å²) in [6.07, 6.45) is 1.96. The highest BCUT2D eigenvalue weighted by Gasteiger charge is 2.31. The standard InChI is InChI=1S/C38H48N4O8/c1-25-21-42(26(2)23-43)37(45)31-19-29(39-36(44)18-28-11-6-5-7-12-28)13-15-32(31)50-27(3)10-8-9-17-47-35(25)22-41(4)38(46)40-30-14-16-33-34(20-30)49-24-48-33/h5-7,11-16,19-20,25-27,35,43H,8-10,17-18,21-24H2,1-4H3,(H,39,44)(H,40,46)/t25-,26+,27-,35+/m0/s1. The number of amides is 4. The minimum absolute atomic E-state index is 0.141. The number of carbonyl (C=O) groups excluding carboxylic acids is 3. The monoisotopic (exact) mass is 688 g/mol. The fraction of sp³-hybridized carbons (Fsp3) is 0.447. The number of aliphatic hydroxyl groups excluding tert-OH is 1. The Hall–Kier alpha value is -4.81. The van der Waals surface area contributed by atoms with Crippen LogP contribution in [0.15, 0.2) is 66.7 Å². The van der Waals surface area contributed by atoms with Crippen molar-refractivity contribution < 1.29 is 38.4 Å². The molecule has 0 saturated heterocycles. The highest BCUT2D eigenvalue weighted by Crippen LogP contribution is 2.34. The summed E-state index contributed by atoms with van der Waals surface area (Å²) >= 11 is 0. The summed E-state index contributed by atoms with van der Waals surface area (Å²) in [4.78, 5) is 43.7. The lowest BCUT2D eigenvalue weighted by molar-refractivity contribution is -0.115. The lowest BCUT2D eigenvalue weighted by atomic mass is 10.0. The first kappa shape index (κ1) is 36.5. The molecule has 0 aromatic heterocycles. The van der Waals surface area contributed by atoms with Crippen LogP contribution >= 0.6 is 0 Å². The van der Waals surface area contributed by atoms with Crippen LogP contribution in [0.5, 0.6) is 17.2 Å². The van der Waals surface area contributed by atoms with Gasteiger partial charge in [-0.25, -0.2) is 4.79 Å². The van der Waals surface area contributed by atoms with E-state index in [2.05, 4.69) is 10.6 Å². The van der Waals surface area contributed by atoms with E-state index in [0.29, 0.717) is 35.2 Å². The van der Waals surface area contributed by atoms with Gasteiger partial charge < -0.3 is 44.5 Å². The van der Waals surface area contributed by atoms with E-state index in [1.165, 1.54) is 0 Å². The van der Waals surface area contributed by atoms with Gasteiger partial charge >= 0.3 is 6.03 Å². The molecule has 3 aromatic carbocycles. The molecule has 0 bridgehead atoms. The first-order chi connectivity index (χ1) is 24.1. The summed E-state index contributed by atoms with van der Waals surface area (Å²) in [6.45, 7) is 6.58. The lowest BCUT2D eigenvalue weighted by Gasteiger charge is -2.35. The molecule has 0 radical (unpaired) electrons. The van der Waals surface area contributed by atoms with Crippen LogP contribution in [0.4, 0.5) is 16.2 Å². The maximum atomic E-state index is 14.4. The Morgan fingerprint density at radius 3 is 2.44 bits per heavy atom. The number of likely N-dealkylation sites (N-methyl/N-ethyl adjacent to an activating group) is 1. The van der Waals surface area contributed by atoms with Crippen LogP contribution in [-0.4, -0.2) is 91.1 Å². The molecule has 0 unspecified atom stereocenters. The lowest BCUT2D eigenvalue weighted by Crippen LogP contribution is -2.48. The number of nitrogens with zero attached hydrogens (tertiary/aromatic N) is 2. The number of benzene rings is 3. The number of fused-ring (bicyclic) bond motifs is 2. The number of hydrogen-bond acceptors (Lipinski definition) is 8. The van der Waals surface area contributed by atoms with Crippen molar-refractivity contribution in [2.24, 2.45) is 5.92 Å². The molecule has 2 aliphatic rings. The Labute approximate surface area is 293 Å². The molecule has 0 aliphatic carbocycles. The number of anilines is 2. The topological polar surface area (TPSA) is 139 Å². The van der Waals surface area contributed by atoms with Crippen molar-refractivity contribution in [2.75, 3.05) is 50.8 Å². The third-order valence-electron chi connectivity index (χ3n) is 8.97. The van der Waals surface area contributed by atoms with Gasteiger partial charge in [0, 0.05) is 50.1 Å². The molecule has 3 aromatic rings. The molecule has 50 heavy (non-hydrogen) atoms. The maximum Gasteiger partial charge on any atom is 0.321 e. The predicted molar refractivity (Wildman–Crippen MR) is 190 cm³/mol. The smallest absolute Gasteiger partial charge is 0.321 e. The van der Waals surface area contributed by atoms with Crippen LogP contribution in [0.25, 0.3) is 0 Å². The Kier molecular flexibility index (Phi) is 12.6. The summed E-state index contributed by atoms with van der Waals surface area (Å²) in [7, 11) is 1.70. The molecule has 3 N–H and O–H groups in total. The summed E-state index contributed by atoms with van der Waals surface area (Å²) < 4.78 is 23.5. The molecule has 4 amide bonds. The van der Waals surface area contributed by atoms with Gasteiger partial charge in [-0.1, -0.05) is 37.3 Å². The van der Waals surface area contributed by atoms with E-state index in [1.54, 1.807) is 60.2 Å². The summed E-state index contributed by atoms with van der Waals surface area (Å²) in [5.41, 5.74) is 2.21. The van der Waals surface area contributed by atoms with Crippen molar-refractivity contribution in [1.82, 2.24) is 9.80 Å². The highest BCUT2D eigenvalue weighted by molar-refractivity contribution is 6.00. The Balaban J connectivity index is 1.35. The molecule has 12 heteroatoms. The third-order valence-corrected chi connectivity index (χ3v) is 8.97. The Morgan fingerprint density at radius 1 is 0.960 bits per heavy atom. The number of hydrogen-bond donors (Lipinski definition) is 3. The molecule has 4 atom stereocenters. The van der Waals surface area contributed by atoms with Crippen molar-refractivity contribution in [3.05, 3.63) is 77.9 Å². The van der Waals surface area contributed by atoms with Crippen LogP contribution in [0.2, 0.25) is 0 Å². The summed E-state index contributed by atoms with van der Waals surface area (Å²) in [5.74, 6) is 0.829. The second-order valence-corrected chi connectivity index (χ2v) is 13.1. The van der Waals surface area contributed by atoms with Crippen molar-refractivity contribution in [3.63, 3.8) is 0 Å². The molecule has 0 spiro atoms. The molecular formula is C38H48N4O8. The number of carbonyl (C=O) groups is 3. The van der Waals surface area contributed by atoms with E-state index in [-0.39, 0.29) is 68.3 Å². The Morgan fingerprint density at radius 2 is 1.68 bits per heavy atom. The van der Waals surface area contributed by atoms with Crippen molar-refractivity contribution in [3.8, 4) is 17.2 Å². The predicted octanol–water partition coefficient (Wildman–Crippen LogP) is 5.56. The second kappa shape index (κ2) is 17.2. The van der Waals surface area contributed by atoms with Crippen molar-refractivity contribution in [2.45, 2.75) is 64.7 Å². The fourth-order valence-electron chi connectivity index (χ4n) is 6.00. The van der Waals surface area contributed by atoms with Gasteiger partial charge in [-0.05, 0) is 69.0 Å². The number of aliphatic hydroxyl groups is 1. The number of rotatable bonds is 8. The van der Waals surface area contributed by atoms with E-state index >= 15 is 0 Å². The van der Waals surface area contributed by atoms with Crippen LogP contribution in [0.1, 0.15) is 56.0 Å². The van der Waals surface area contributed by atoms with Crippen molar-refractivity contribution in [1.29, 1.82) is 0 Å². The highest BCUT2D eigenvalue weighted by atomic mass is 16.7. The van der Waals surface area contributed by atoms with Gasteiger partial charge in [-0.15, -0.1) is 0 Å².